The summed E-state index contributed by atoms with van der Waals surface area (Å²) in [5.74, 6) is -0.0809. The molecular formula is C25H30ClN3O5. The first-order valence-electron chi connectivity index (χ1n) is 11.3. The normalized spacial score (nSPS) is 12.5. The lowest BCUT2D eigenvalue weighted by atomic mass is 10.0. The van der Waals surface area contributed by atoms with E-state index in [9.17, 15) is 14.4 Å². The minimum atomic E-state index is -0.826. The van der Waals surface area contributed by atoms with Gasteiger partial charge in [-0.2, -0.15) is 0 Å². The van der Waals surface area contributed by atoms with E-state index in [4.69, 9.17) is 20.8 Å². The summed E-state index contributed by atoms with van der Waals surface area (Å²) in [4.78, 5) is 41.5. The quantitative estimate of drug-likeness (QED) is 0.335. The number of nitrogens with zero attached hydrogens (tertiary/aromatic N) is 1. The van der Waals surface area contributed by atoms with Crippen molar-refractivity contribution in [1.29, 1.82) is 0 Å². The summed E-state index contributed by atoms with van der Waals surface area (Å²) >= 11 is 6.31. The highest BCUT2D eigenvalue weighted by Gasteiger charge is 2.22. The fraction of sp³-hybridized carbons (Fsp3) is 0.440. The van der Waals surface area contributed by atoms with Gasteiger partial charge in [0, 0.05) is 23.4 Å². The summed E-state index contributed by atoms with van der Waals surface area (Å²) in [6.45, 7) is 8.89. The molecule has 8 nitrogen and oxygen atoms in total. The lowest BCUT2D eigenvalue weighted by molar-refractivity contribution is -0.117. The number of amides is 2. The molecule has 1 heterocycles. The summed E-state index contributed by atoms with van der Waals surface area (Å²) in [6, 6.07) is 5.54. The summed E-state index contributed by atoms with van der Waals surface area (Å²) < 4.78 is 11.1. The zero-order valence-electron chi connectivity index (χ0n) is 20.1. The monoisotopic (exact) mass is 487 g/mol. The predicted molar refractivity (Wildman–Crippen MR) is 133 cm³/mol. The summed E-state index contributed by atoms with van der Waals surface area (Å²) in [6.07, 6.45) is 2.93. The Kier molecular flexibility index (Phi) is 7.82. The van der Waals surface area contributed by atoms with Gasteiger partial charge in [-0.25, -0.2) is 9.78 Å². The number of carbonyl (C=O) groups excluding carboxylic acids is 2. The number of nitrogens with one attached hydrogen (secondary N) is 2. The molecular weight excluding hydrogens is 458 g/mol. The van der Waals surface area contributed by atoms with E-state index >= 15 is 0 Å². The van der Waals surface area contributed by atoms with Crippen LogP contribution in [0.15, 0.2) is 33.5 Å². The van der Waals surface area contributed by atoms with Gasteiger partial charge >= 0.3 is 6.09 Å². The second-order valence-electron chi connectivity index (χ2n) is 9.22. The van der Waals surface area contributed by atoms with Crippen LogP contribution in [-0.4, -0.2) is 28.6 Å². The minimum absolute atomic E-state index is 0.181. The van der Waals surface area contributed by atoms with Gasteiger partial charge in [-0.05, 0) is 52.7 Å². The molecule has 3 rings (SSSR count). The molecule has 34 heavy (non-hydrogen) atoms. The van der Waals surface area contributed by atoms with E-state index in [1.807, 2.05) is 0 Å². The van der Waals surface area contributed by atoms with Gasteiger partial charge in [-0.15, -0.1) is 0 Å². The zero-order chi connectivity index (χ0) is 25.0. The van der Waals surface area contributed by atoms with Crippen LogP contribution < -0.4 is 16.1 Å². The van der Waals surface area contributed by atoms with Crippen LogP contribution in [-0.2, 0) is 16.0 Å². The molecule has 9 heteroatoms. The van der Waals surface area contributed by atoms with Crippen molar-refractivity contribution in [1.82, 2.24) is 10.3 Å². The fourth-order valence-corrected chi connectivity index (χ4v) is 3.68. The molecule has 0 saturated heterocycles. The average Bonchev–Trinajstić information content (AvgIpc) is 2.74. The molecule has 0 saturated carbocycles. The molecule has 0 spiro atoms. The molecule has 2 N–H and O–H groups in total. The first-order chi connectivity index (χ1) is 16.0. The standard InChI is InChI=1S/C25H30ClN3O5/c1-6-7-8-9-16-21(26)18(30)13-20-22(16)29-17-11-10-15(12-19(17)33-20)28-23(31)14(2)27-24(32)34-25(3,4)5/h10-14H,6-9H2,1-5H3,(H,27,32)(H,28,31)/t14-/m1/s1. The van der Waals surface area contributed by atoms with E-state index in [0.29, 0.717) is 40.2 Å². The maximum atomic E-state index is 12.5. The Morgan fingerprint density at radius 3 is 2.62 bits per heavy atom. The number of halogens is 1. The third-order valence-electron chi connectivity index (χ3n) is 5.10. The number of alkyl carbamates (subject to hydrolysis) is 1. The molecule has 2 aliphatic rings. The maximum Gasteiger partial charge on any atom is 0.408 e. The molecule has 1 aliphatic carbocycles. The molecule has 2 amide bonds. The Labute approximate surface area is 203 Å². The lowest BCUT2D eigenvalue weighted by Crippen LogP contribution is -2.43. The number of hydrogen-bond donors (Lipinski definition) is 2. The molecule has 1 aromatic carbocycles. The zero-order valence-corrected chi connectivity index (χ0v) is 20.8. The number of fused-ring (bicyclic) bond motifs is 2. The van der Waals surface area contributed by atoms with Gasteiger partial charge in [0.25, 0.3) is 0 Å². The molecule has 1 aliphatic heterocycles. The first kappa shape index (κ1) is 25.5. The van der Waals surface area contributed by atoms with Crippen molar-refractivity contribution in [3.05, 3.63) is 45.1 Å². The van der Waals surface area contributed by atoms with Gasteiger partial charge < -0.3 is 19.8 Å². The van der Waals surface area contributed by atoms with Crippen molar-refractivity contribution in [2.24, 2.45) is 0 Å². The van der Waals surface area contributed by atoms with Crippen LogP contribution in [0.4, 0.5) is 10.5 Å². The fourth-order valence-electron chi connectivity index (χ4n) is 3.44. The van der Waals surface area contributed by atoms with Crippen molar-refractivity contribution in [3.8, 4) is 11.5 Å². The highest BCUT2D eigenvalue weighted by atomic mass is 35.5. The Bertz CT molecular complexity index is 1230. The number of ether oxygens (including phenoxy) is 1. The molecule has 0 aromatic heterocycles. The number of anilines is 1. The van der Waals surface area contributed by atoms with E-state index in [0.717, 1.165) is 19.3 Å². The van der Waals surface area contributed by atoms with Crippen molar-refractivity contribution in [3.63, 3.8) is 0 Å². The third kappa shape index (κ3) is 6.26. The Morgan fingerprint density at radius 2 is 1.94 bits per heavy atom. The van der Waals surface area contributed by atoms with Crippen molar-refractivity contribution >= 4 is 40.4 Å². The minimum Gasteiger partial charge on any atom is -0.453 e. The van der Waals surface area contributed by atoms with Gasteiger partial charge in [0.05, 0.1) is 5.02 Å². The summed E-state index contributed by atoms with van der Waals surface area (Å²) in [7, 11) is 0. The summed E-state index contributed by atoms with van der Waals surface area (Å²) in [5, 5.41) is 5.42. The van der Waals surface area contributed by atoms with E-state index in [1.54, 1.807) is 45.9 Å². The lowest BCUT2D eigenvalue weighted by Gasteiger charge is -2.21. The van der Waals surface area contributed by atoms with Crippen LogP contribution in [0, 0.1) is 0 Å². The number of unbranched alkanes of at least 4 members (excludes halogenated alkanes) is 2. The molecule has 182 valence electrons. The van der Waals surface area contributed by atoms with Crippen LogP contribution in [0.25, 0.3) is 22.6 Å². The molecule has 0 unspecified atom stereocenters. The second-order valence-corrected chi connectivity index (χ2v) is 9.60. The molecule has 1 aromatic rings. The number of carbonyl (C=O) groups is 2. The second kappa shape index (κ2) is 10.4. The van der Waals surface area contributed by atoms with Gasteiger partial charge in [0.2, 0.25) is 11.3 Å². The van der Waals surface area contributed by atoms with Crippen LogP contribution in [0.3, 0.4) is 0 Å². The highest BCUT2D eigenvalue weighted by Crippen LogP contribution is 2.32. The summed E-state index contributed by atoms with van der Waals surface area (Å²) in [5.41, 5.74) is 1.72. The molecule has 0 fully saturated rings. The topological polar surface area (TPSA) is 111 Å². The van der Waals surface area contributed by atoms with E-state index in [-0.39, 0.29) is 10.5 Å². The van der Waals surface area contributed by atoms with E-state index in [2.05, 4.69) is 22.5 Å². The Hall–Kier alpha value is -3.13. The number of aromatic nitrogens is 1. The highest BCUT2D eigenvalue weighted by molar-refractivity contribution is 6.31. The van der Waals surface area contributed by atoms with Crippen molar-refractivity contribution < 1.29 is 18.7 Å². The van der Waals surface area contributed by atoms with Crippen LogP contribution in [0.2, 0.25) is 5.02 Å². The van der Waals surface area contributed by atoms with Crippen LogP contribution in [0.5, 0.6) is 0 Å². The third-order valence-corrected chi connectivity index (χ3v) is 5.51. The van der Waals surface area contributed by atoms with Gasteiger partial charge in [0.1, 0.15) is 22.9 Å². The smallest absolute Gasteiger partial charge is 0.408 e. The number of benzene rings is 2. The molecule has 0 radical (unpaired) electrons. The molecule has 1 atom stereocenters. The SMILES string of the molecule is CCCCCc1c2nc3ccc(NC(=O)[C@@H](C)NC(=O)OC(C)(C)C)cc3oc-2cc(=O)c1Cl. The van der Waals surface area contributed by atoms with Crippen LogP contribution >= 0.6 is 11.6 Å². The van der Waals surface area contributed by atoms with Gasteiger partial charge in [0.15, 0.2) is 11.3 Å². The maximum absolute atomic E-state index is 12.5. The van der Waals surface area contributed by atoms with Crippen LogP contribution in [0.1, 0.15) is 59.4 Å². The van der Waals surface area contributed by atoms with Gasteiger partial charge in [-0.3, -0.25) is 9.59 Å². The number of hydrogen-bond acceptors (Lipinski definition) is 6. The van der Waals surface area contributed by atoms with Crippen molar-refractivity contribution in [2.75, 3.05) is 5.32 Å². The first-order valence-corrected chi connectivity index (χ1v) is 11.7. The van der Waals surface area contributed by atoms with Gasteiger partial charge in [-0.1, -0.05) is 31.4 Å². The molecule has 0 bridgehead atoms. The number of rotatable bonds is 7. The van der Waals surface area contributed by atoms with E-state index < -0.39 is 23.6 Å². The largest absolute Gasteiger partial charge is 0.453 e. The van der Waals surface area contributed by atoms with E-state index in [1.165, 1.54) is 6.07 Å². The Morgan fingerprint density at radius 1 is 1.21 bits per heavy atom. The predicted octanol–water partition coefficient (Wildman–Crippen LogP) is 5.53. The average molecular weight is 488 g/mol. The van der Waals surface area contributed by atoms with Crippen molar-refractivity contribution in [2.45, 2.75) is 71.9 Å². The Balaban J connectivity index is 1.84.